The minimum atomic E-state index is 0.0721. The zero-order chi connectivity index (χ0) is 9.84. The molecular formula is C10H19NO2. The Hall–Kier alpha value is -0.570. The van der Waals surface area contributed by atoms with Gasteiger partial charge in [0, 0.05) is 12.5 Å². The summed E-state index contributed by atoms with van der Waals surface area (Å²) in [5.41, 5.74) is 0. The summed E-state index contributed by atoms with van der Waals surface area (Å²) in [6.45, 7) is 6.53. The van der Waals surface area contributed by atoms with Crippen molar-refractivity contribution in [2.45, 2.75) is 45.8 Å². The van der Waals surface area contributed by atoms with Crippen molar-refractivity contribution >= 4 is 5.91 Å². The Morgan fingerprint density at radius 3 is 2.62 bits per heavy atom. The number of rotatable bonds is 4. The molecule has 0 saturated heterocycles. The van der Waals surface area contributed by atoms with Gasteiger partial charge in [-0.2, -0.15) is 0 Å². The molecule has 13 heavy (non-hydrogen) atoms. The molecule has 1 N–H and O–H groups in total. The lowest BCUT2D eigenvalue weighted by atomic mass is 9.88. The number of carbonyl (C=O) groups excluding carboxylic acids is 1. The second kappa shape index (κ2) is 4.61. The molecule has 0 bridgehead atoms. The van der Waals surface area contributed by atoms with Crippen LogP contribution in [0.25, 0.3) is 0 Å². The first-order valence-electron chi connectivity index (χ1n) is 5.07. The first-order valence-corrected chi connectivity index (χ1v) is 5.07. The number of nitrogens with one attached hydrogen (secondary N) is 1. The third kappa shape index (κ3) is 2.69. The van der Waals surface area contributed by atoms with Crippen LogP contribution in [-0.2, 0) is 9.53 Å². The van der Waals surface area contributed by atoms with Crippen LogP contribution in [0.1, 0.15) is 33.6 Å². The number of amides is 1. The van der Waals surface area contributed by atoms with Crippen LogP contribution in [0.5, 0.6) is 0 Å². The molecule has 76 valence electrons. The summed E-state index contributed by atoms with van der Waals surface area (Å²) >= 11 is 0. The lowest BCUT2D eigenvalue weighted by Gasteiger charge is -2.37. The van der Waals surface area contributed by atoms with E-state index in [-0.39, 0.29) is 24.0 Å². The van der Waals surface area contributed by atoms with Crippen molar-refractivity contribution in [3.63, 3.8) is 0 Å². The molecule has 1 saturated carbocycles. The fourth-order valence-electron chi connectivity index (χ4n) is 1.40. The van der Waals surface area contributed by atoms with Crippen LogP contribution in [0, 0.1) is 5.92 Å². The van der Waals surface area contributed by atoms with E-state index >= 15 is 0 Å². The second-order valence-electron chi connectivity index (χ2n) is 3.84. The van der Waals surface area contributed by atoms with Gasteiger partial charge in [0.15, 0.2) is 0 Å². The predicted octanol–water partition coefficient (Wildman–Crippen LogP) is 1.33. The SMILES string of the molecule is CCOC1CCC1NC(=O)C(C)C. The molecule has 2 unspecified atom stereocenters. The zero-order valence-electron chi connectivity index (χ0n) is 8.67. The van der Waals surface area contributed by atoms with Gasteiger partial charge in [0.1, 0.15) is 0 Å². The normalized spacial score (nSPS) is 27.1. The molecule has 3 nitrogen and oxygen atoms in total. The molecule has 2 atom stereocenters. The Balaban J connectivity index is 2.25. The van der Waals surface area contributed by atoms with Crippen molar-refractivity contribution in [3.8, 4) is 0 Å². The quantitative estimate of drug-likeness (QED) is 0.717. The van der Waals surface area contributed by atoms with E-state index in [1.807, 2.05) is 20.8 Å². The van der Waals surface area contributed by atoms with Gasteiger partial charge in [-0.15, -0.1) is 0 Å². The van der Waals surface area contributed by atoms with Gasteiger partial charge in [-0.1, -0.05) is 13.8 Å². The number of carbonyl (C=O) groups is 1. The zero-order valence-corrected chi connectivity index (χ0v) is 8.67. The fourth-order valence-corrected chi connectivity index (χ4v) is 1.40. The molecule has 0 spiro atoms. The molecule has 0 aliphatic heterocycles. The van der Waals surface area contributed by atoms with Gasteiger partial charge in [0.05, 0.1) is 12.1 Å². The highest BCUT2D eigenvalue weighted by atomic mass is 16.5. The van der Waals surface area contributed by atoms with Gasteiger partial charge in [0.2, 0.25) is 5.91 Å². The van der Waals surface area contributed by atoms with E-state index < -0.39 is 0 Å². The minimum absolute atomic E-state index is 0.0721. The molecule has 0 aromatic carbocycles. The van der Waals surface area contributed by atoms with Crippen LogP contribution in [0.4, 0.5) is 0 Å². The average molecular weight is 185 g/mol. The summed E-state index contributed by atoms with van der Waals surface area (Å²) in [6, 6.07) is 0.259. The number of hydrogen-bond acceptors (Lipinski definition) is 2. The molecule has 0 heterocycles. The molecule has 1 fully saturated rings. The molecule has 0 radical (unpaired) electrons. The van der Waals surface area contributed by atoms with Crippen molar-refractivity contribution in [2.24, 2.45) is 5.92 Å². The largest absolute Gasteiger partial charge is 0.376 e. The minimum Gasteiger partial charge on any atom is -0.376 e. The molecule has 1 amide bonds. The van der Waals surface area contributed by atoms with Gasteiger partial charge in [-0.25, -0.2) is 0 Å². The molecular weight excluding hydrogens is 166 g/mol. The second-order valence-corrected chi connectivity index (χ2v) is 3.84. The van der Waals surface area contributed by atoms with E-state index in [9.17, 15) is 4.79 Å². The lowest BCUT2D eigenvalue weighted by molar-refractivity contribution is -0.127. The van der Waals surface area contributed by atoms with E-state index in [1.165, 1.54) is 0 Å². The summed E-state index contributed by atoms with van der Waals surface area (Å²) in [6.07, 6.45) is 2.40. The van der Waals surface area contributed by atoms with E-state index in [0.29, 0.717) is 0 Å². The molecule has 3 heteroatoms. The highest BCUT2D eigenvalue weighted by molar-refractivity contribution is 5.78. The first kappa shape index (κ1) is 10.5. The molecule has 0 aromatic rings. The topological polar surface area (TPSA) is 38.3 Å². The van der Waals surface area contributed by atoms with Gasteiger partial charge >= 0.3 is 0 Å². The Bertz CT molecular complexity index is 180. The molecule has 0 aromatic heterocycles. The summed E-state index contributed by atoms with van der Waals surface area (Å²) < 4.78 is 5.46. The summed E-state index contributed by atoms with van der Waals surface area (Å²) in [7, 11) is 0. The van der Waals surface area contributed by atoms with Crippen molar-refractivity contribution in [2.75, 3.05) is 6.61 Å². The van der Waals surface area contributed by atoms with E-state index in [1.54, 1.807) is 0 Å². The Morgan fingerprint density at radius 1 is 1.54 bits per heavy atom. The third-order valence-corrected chi connectivity index (χ3v) is 2.44. The maximum Gasteiger partial charge on any atom is 0.222 e. The van der Waals surface area contributed by atoms with Crippen molar-refractivity contribution in [1.82, 2.24) is 5.32 Å². The van der Waals surface area contributed by atoms with Crippen molar-refractivity contribution < 1.29 is 9.53 Å². The molecule has 1 aliphatic carbocycles. The van der Waals surface area contributed by atoms with Crippen LogP contribution in [0.15, 0.2) is 0 Å². The average Bonchev–Trinajstić information content (AvgIpc) is 2.07. The van der Waals surface area contributed by atoms with Gasteiger partial charge in [-0.05, 0) is 19.8 Å². The Morgan fingerprint density at radius 2 is 2.23 bits per heavy atom. The highest BCUT2D eigenvalue weighted by Gasteiger charge is 2.32. The van der Waals surface area contributed by atoms with Crippen molar-refractivity contribution in [1.29, 1.82) is 0 Å². The third-order valence-electron chi connectivity index (χ3n) is 2.44. The number of hydrogen-bond donors (Lipinski definition) is 1. The lowest BCUT2D eigenvalue weighted by Crippen LogP contribution is -2.52. The van der Waals surface area contributed by atoms with Crippen LogP contribution in [0.2, 0.25) is 0 Å². The Labute approximate surface area is 79.8 Å². The van der Waals surface area contributed by atoms with Gasteiger partial charge in [0.25, 0.3) is 0 Å². The highest BCUT2D eigenvalue weighted by Crippen LogP contribution is 2.23. The van der Waals surface area contributed by atoms with Crippen molar-refractivity contribution in [3.05, 3.63) is 0 Å². The molecule has 1 rings (SSSR count). The monoisotopic (exact) mass is 185 g/mol. The Kier molecular flexibility index (Phi) is 3.72. The maximum atomic E-state index is 11.3. The van der Waals surface area contributed by atoms with Crippen LogP contribution >= 0.6 is 0 Å². The fraction of sp³-hybridized carbons (Fsp3) is 0.900. The predicted molar refractivity (Wildman–Crippen MR) is 51.4 cm³/mol. The van der Waals surface area contributed by atoms with E-state index in [2.05, 4.69) is 5.32 Å². The maximum absolute atomic E-state index is 11.3. The van der Waals surface area contributed by atoms with E-state index in [0.717, 1.165) is 19.4 Å². The number of ether oxygens (including phenoxy) is 1. The summed E-state index contributed by atoms with van der Waals surface area (Å²) in [4.78, 5) is 11.3. The molecule has 1 aliphatic rings. The van der Waals surface area contributed by atoms with Crippen LogP contribution in [0.3, 0.4) is 0 Å². The van der Waals surface area contributed by atoms with Gasteiger partial charge in [-0.3, -0.25) is 4.79 Å². The summed E-state index contributed by atoms with van der Waals surface area (Å²) in [5, 5.41) is 2.99. The van der Waals surface area contributed by atoms with Crippen LogP contribution in [-0.4, -0.2) is 24.7 Å². The van der Waals surface area contributed by atoms with Crippen LogP contribution < -0.4 is 5.32 Å². The summed E-state index contributed by atoms with van der Waals surface area (Å²) in [5.74, 6) is 0.206. The van der Waals surface area contributed by atoms with Gasteiger partial charge < -0.3 is 10.1 Å². The first-order chi connectivity index (χ1) is 6.15. The smallest absolute Gasteiger partial charge is 0.222 e. The van der Waals surface area contributed by atoms with E-state index in [4.69, 9.17) is 4.74 Å². The standard InChI is InChI=1S/C10H19NO2/c1-4-13-9-6-5-8(9)11-10(12)7(2)3/h7-9H,4-6H2,1-3H3,(H,11,12).